The maximum absolute atomic E-state index is 14.3. The highest BCUT2D eigenvalue weighted by Gasteiger charge is 2.36. The largest absolute Gasteiger partial charge is 0.497 e. The van der Waals surface area contributed by atoms with Crippen molar-refractivity contribution in [3.05, 3.63) is 59.2 Å². The first-order valence-electron chi connectivity index (χ1n) is 8.29. The van der Waals surface area contributed by atoms with Crippen LogP contribution in [0.2, 0.25) is 5.02 Å². The van der Waals surface area contributed by atoms with Crippen LogP contribution in [0.4, 0.5) is 10.1 Å². The van der Waals surface area contributed by atoms with E-state index in [2.05, 4.69) is 10.1 Å². The van der Waals surface area contributed by atoms with Crippen LogP contribution in [0.5, 0.6) is 5.75 Å². The second kappa shape index (κ2) is 7.00. The van der Waals surface area contributed by atoms with Crippen molar-refractivity contribution in [1.82, 2.24) is 10.1 Å². The first kappa shape index (κ1) is 17.5. The summed E-state index contributed by atoms with van der Waals surface area (Å²) in [5.74, 6) is 0.271. The fraction of sp³-hybridized carbons (Fsp3) is 0.211. The average molecular weight is 388 g/mol. The first-order chi connectivity index (χ1) is 13.1. The van der Waals surface area contributed by atoms with E-state index in [1.807, 2.05) is 18.2 Å². The molecule has 8 heteroatoms. The third-order valence-corrected chi connectivity index (χ3v) is 4.76. The number of rotatable bonds is 4. The maximum atomic E-state index is 14.3. The Hall–Kier alpha value is -2.93. The summed E-state index contributed by atoms with van der Waals surface area (Å²) in [7, 11) is 1.58. The maximum Gasteiger partial charge on any atom is 0.232 e. The van der Waals surface area contributed by atoms with Crippen LogP contribution < -0.4 is 9.64 Å². The molecule has 0 bridgehead atoms. The van der Waals surface area contributed by atoms with Crippen LogP contribution in [0.15, 0.2) is 47.0 Å². The lowest BCUT2D eigenvalue weighted by atomic mass is 10.1. The van der Waals surface area contributed by atoms with E-state index in [-0.39, 0.29) is 35.5 Å². The number of halogens is 2. The van der Waals surface area contributed by atoms with Gasteiger partial charge in [0.15, 0.2) is 5.82 Å². The van der Waals surface area contributed by atoms with Crippen LogP contribution in [0.25, 0.3) is 11.4 Å². The smallest absolute Gasteiger partial charge is 0.232 e. The van der Waals surface area contributed by atoms with Crippen molar-refractivity contribution in [1.29, 1.82) is 0 Å². The van der Waals surface area contributed by atoms with Gasteiger partial charge in [0.2, 0.25) is 17.6 Å². The quantitative estimate of drug-likeness (QED) is 0.675. The average Bonchev–Trinajstić information content (AvgIpc) is 3.31. The third-order valence-electron chi connectivity index (χ3n) is 4.47. The van der Waals surface area contributed by atoms with Crippen molar-refractivity contribution in [2.45, 2.75) is 12.3 Å². The van der Waals surface area contributed by atoms with E-state index >= 15 is 0 Å². The van der Waals surface area contributed by atoms with E-state index in [0.717, 1.165) is 5.56 Å². The molecule has 0 radical (unpaired) electrons. The van der Waals surface area contributed by atoms with Gasteiger partial charge in [0, 0.05) is 18.5 Å². The summed E-state index contributed by atoms with van der Waals surface area (Å²) >= 11 is 5.83. The molecule has 0 N–H and O–H groups in total. The number of ether oxygens (including phenoxy) is 1. The van der Waals surface area contributed by atoms with Crippen molar-refractivity contribution in [3.63, 3.8) is 0 Å². The number of amides is 1. The van der Waals surface area contributed by atoms with E-state index in [0.29, 0.717) is 17.5 Å². The number of carbonyl (C=O) groups excluding carboxylic acids is 1. The van der Waals surface area contributed by atoms with Crippen LogP contribution in [0.3, 0.4) is 0 Å². The van der Waals surface area contributed by atoms with Crippen LogP contribution in [0, 0.1) is 5.82 Å². The Kier molecular flexibility index (Phi) is 4.53. The zero-order chi connectivity index (χ0) is 19.0. The minimum Gasteiger partial charge on any atom is -0.497 e. The molecule has 1 amide bonds. The van der Waals surface area contributed by atoms with E-state index in [4.69, 9.17) is 20.9 Å². The molecule has 3 aromatic rings. The summed E-state index contributed by atoms with van der Waals surface area (Å²) in [5, 5.41) is 3.97. The molecule has 138 valence electrons. The summed E-state index contributed by atoms with van der Waals surface area (Å²) in [6.07, 6.45) is 0.158. The molecule has 1 unspecified atom stereocenters. The lowest BCUT2D eigenvalue weighted by Gasteiger charge is -2.17. The van der Waals surface area contributed by atoms with Gasteiger partial charge in [-0.3, -0.25) is 4.79 Å². The zero-order valence-corrected chi connectivity index (χ0v) is 15.1. The fourth-order valence-corrected chi connectivity index (χ4v) is 3.26. The van der Waals surface area contributed by atoms with Gasteiger partial charge in [0.1, 0.15) is 5.75 Å². The van der Waals surface area contributed by atoms with Crippen LogP contribution in [-0.4, -0.2) is 29.7 Å². The van der Waals surface area contributed by atoms with Crippen LogP contribution >= 0.6 is 11.6 Å². The topological polar surface area (TPSA) is 68.5 Å². The summed E-state index contributed by atoms with van der Waals surface area (Å²) < 4.78 is 24.8. The molecule has 0 spiro atoms. The number of aromatic nitrogens is 2. The first-order valence-corrected chi connectivity index (χ1v) is 8.67. The lowest BCUT2D eigenvalue weighted by molar-refractivity contribution is -0.117. The predicted molar refractivity (Wildman–Crippen MR) is 97.4 cm³/mol. The standard InChI is InChI=1S/C19H15ClFN3O3/c1-26-13-5-2-4-11(8-13)18-22-19(27-23-18)12-9-16(25)24(10-12)15-7-3-6-14(20)17(15)21/h2-8,12H,9-10H2,1H3. The molecule has 2 heterocycles. The van der Waals surface area contributed by atoms with Crippen molar-refractivity contribution in [2.75, 3.05) is 18.6 Å². The Balaban J connectivity index is 1.58. The van der Waals surface area contributed by atoms with E-state index in [9.17, 15) is 9.18 Å². The van der Waals surface area contributed by atoms with Gasteiger partial charge < -0.3 is 14.2 Å². The zero-order valence-electron chi connectivity index (χ0n) is 14.4. The number of carbonyl (C=O) groups is 1. The summed E-state index contributed by atoms with van der Waals surface area (Å²) in [4.78, 5) is 18.2. The molecular weight excluding hydrogens is 373 g/mol. The van der Waals surface area contributed by atoms with Crippen LogP contribution in [0.1, 0.15) is 18.2 Å². The second-order valence-electron chi connectivity index (χ2n) is 6.17. The molecule has 1 aliphatic heterocycles. The highest BCUT2D eigenvalue weighted by molar-refractivity contribution is 6.31. The summed E-state index contributed by atoms with van der Waals surface area (Å²) in [6.45, 7) is 0.246. The van der Waals surface area contributed by atoms with Gasteiger partial charge in [-0.25, -0.2) is 4.39 Å². The van der Waals surface area contributed by atoms with Gasteiger partial charge in [0.25, 0.3) is 0 Å². The number of nitrogens with zero attached hydrogens (tertiary/aromatic N) is 3. The Bertz CT molecular complexity index is 1010. The monoisotopic (exact) mass is 387 g/mol. The molecule has 1 aliphatic rings. The van der Waals surface area contributed by atoms with Gasteiger partial charge in [-0.2, -0.15) is 4.98 Å². The molecule has 1 fully saturated rings. The number of hydrogen-bond donors (Lipinski definition) is 0. The molecular formula is C19H15ClFN3O3. The van der Waals surface area contributed by atoms with Crippen molar-refractivity contribution in [2.24, 2.45) is 0 Å². The molecule has 0 aliphatic carbocycles. The summed E-state index contributed by atoms with van der Waals surface area (Å²) in [6, 6.07) is 11.8. The Morgan fingerprint density at radius 1 is 1.30 bits per heavy atom. The SMILES string of the molecule is COc1cccc(-c2noc(C3CC(=O)N(c4cccc(Cl)c4F)C3)n2)c1. The Morgan fingerprint density at radius 2 is 2.11 bits per heavy atom. The molecule has 6 nitrogen and oxygen atoms in total. The van der Waals surface area contributed by atoms with Crippen molar-refractivity contribution >= 4 is 23.2 Å². The molecule has 2 aromatic carbocycles. The van der Waals surface area contributed by atoms with E-state index in [1.165, 1.54) is 17.0 Å². The van der Waals surface area contributed by atoms with Gasteiger partial charge in [-0.1, -0.05) is 35.0 Å². The third kappa shape index (κ3) is 3.26. The van der Waals surface area contributed by atoms with Gasteiger partial charge in [-0.15, -0.1) is 0 Å². The van der Waals surface area contributed by atoms with E-state index < -0.39 is 5.82 Å². The molecule has 1 atom stereocenters. The number of methoxy groups -OCH3 is 1. The highest BCUT2D eigenvalue weighted by atomic mass is 35.5. The minimum absolute atomic E-state index is 0.0261. The normalized spacial score (nSPS) is 16.8. The highest BCUT2D eigenvalue weighted by Crippen LogP contribution is 2.35. The van der Waals surface area contributed by atoms with Crippen LogP contribution in [-0.2, 0) is 4.79 Å². The van der Waals surface area contributed by atoms with Gasteiger partial charge >= 0.3 is 0 Å². The molecule has 0 saturated carbocycles. The summed E-state index contributed by atoms with van der Waals surface area (Å²) in [5.41, 5.74) is 0.897. The Morgan fingerprint density at radius 3 is 2.93 bits per heavy atom. The second-order valence-corrected chi connectivity index (χ2v) is 6.57. The predicted octanol–water partition coefficient (Wildman–Crippen LogP) is 4.06. The lowest BCUT2D eigenvalue weighted by Crippen LogP contribution is -2.25. The number of hydrogen-bond acceptors (Lipinski definition) is 5. The fourth-order valence-electron chi connectivity index (χ4n) is 3.09. The van der Waals surface area contributed by atoms with E-state index in [1.54, 1.807) is 19.2 Å². The molecule has 27 heavy (non-hydrogen) atoms. The van der Waals surface area contributed by atoms with Gasteiger partial charge in [0.05, 0.1) is 23.7 Å². The van der Waals surface area contributed by atoms with Crippen molar-refractivity contribution in [3.8, 4) is 17.1 Å². The molecule has 4 rings (SSSR count). The minimum atomic E-state index is -0.615. The van der Waals surface area contributed by atoms with Crippen molar-refractivity contribution < 1.29 is 18.4 Å². The molecule has 1 aromatic heterocycles. The van der Waals surface area contributed by atoms with Gasteiger partial charge in [-0.05, 0) is 24.3 Å². The number of benzene rings is 2. The Labute approximate surface area is 159 Å². The number of anilines is 1. The molecule has 1 saturated heterocycles.